The molecule has 4 rings (SSSR count). The Bertz CT molecular complexity index is 1300. The van der Waals surface area contributed by atoms with Gasteiger partial charge in [0.2, 0.25) is 0 Å². The second-order valence-electron chi connectivity index (χ2n) is 6.87. The van der Waals surface area contributed by atoms with Gasteiger partial charge in [0.15, 0.2) is 10.9 Å². The third-order valence-corrected chi connectivity index (χ3v) is 5.71. The van der Waals surface area contributed by atoms with Gasteiger partial charge in [0.25, 0.3) is 5.56 Å². The van der Waals surface area contributed by atoms with Crippen molar-refractivity contribution in [2.45, 2.75) is 24.3 Å². The van der Waals surface area contributed by atoms with Crippen molar-refractivity contribution in [3.8, 4) is 5.82 Å². The van der Waals surface area contributed by atoms with Crippen molar-refractivity contribution >= 4 is 28.4 Å². The van der Waals surface area contributed by atoms with Crippen LogP contribution in [0, 0.1) is 12.7 Å². The quantitative estimate of drug-likeness (QED) is 0.269. The van der Waals surface area contributed by atoms with E-state index in [1.807, 2.05) is 19.1 Å². The van der Waals surface area contributed by atoms with Gasteiger partial charge in [-0.05, 0) is 67.9 Å². The Hall–Kier alpha value is -3.32. The monoisotopic (exact) mass is 419 g/mol. The maximum atomic E-state index is 13.3. The third-order valence-electron chi connectivity index (χ3n) is 4.66. The standard InChI is InChI=1S/C23H18FN3O2S/c1-14-11-12-25-20(13-14)27-22(29)18-5-3-4-6-19(18)26-23(27)30-15(2)21(28)16-7-9-17(24)10-8-16/h3-13,15H,1-2H3/t15-/m0/s1. The van der Waals surface area contributed by atoms with Gasteiger partial charge >= 0.3 is 0 Å². The Morgan fingerprint density at radius 2 is 1.83 bits per heavy atom. The highest BCUT2D eigenvalue weighted by atomic mass is 32.2. The van der Waals surface area contributed by atoms with Crippen LogP contribution in [0.25, 0.3) is 16.7 Å². The van der Waals surface area contributed by atoms with Crippen LogP contribution < -0.4 is 5.56 Å². The highest BCUT2D eigenvalue weighted by molar-refractivity contribution is 8.00. The molecule has 1 atom stereocenters. The molecule has 0 amide bonds. The van der Waals surface area contributed by atoms with Gasteiger partial charge in [-0.15, -0.1) is 0 Å². The molecule has 2 aromatic heterocycles. The fourth-order valence-corrected chi connectivity index (χ4v) is 4.09. The third kappa shape index (κ3) is 3.89. The summed E-state index contributed by atoms with van der Waals surface area (Å²) in [5.41, 5.74) is 1.66. The molecular weight excluding hydrogens is 401 g/mol. The number of hydrogen-bond donors (Lipinski definition) is 0. The first-order chi connectivity index (χ1) is 14.4. The minimum absolute atomic E-state index is 0.175. The van der Waals surface area contributed by atoms with E-state index in [0.29, 0.717) is 27.4 Å². The Kier molecular flexibility index (Phi) is 5.46. The van der Waals surface area contributed by atoms with Crippen molar-refractivity contribution in [3.63, 3.8) is 0 Å². The molecule has 0 aliphatic rings. The number of pyridine rings is 1. The molecule has 0 saturated heterocycles. The Balaban J connectivity index is 1.81. The number of Topliss-reactive ketones (excluding diaryl/α,β-unsaturated/α-hetero) is 1. The van der Waals surface area contributed by atoms with E-state index in [0.717, 1.165) is 5.56 Å². The number of halogens is 1. The average molecular weight is 419 g/mol. The maximum Gasteiger partial charge on any atom is 0.267 e. The number of carbonyl (C=O) groups excluding carboxylic acids is 1. The SMILES string of the molecule is Cc1ccnc(-n2c(S[C@@H](C)C(=O)c3ccc(F)cc3)nc3ccccc3c2=O)c1. The number of aryl methyl sites for hydroxylation is 1. The molecule has 0 radical (unpaired) electrons. The van der Waals surface area contributed by atoms with E-state index in [2.05, 4.69) is 9.97 Å². The summed E-state index contributed by atoms with van der Waals surface area (Å²) in [6.07, 6.45) is 1.63. The Morgan fingerprint density at radius 3 is 2.57 bits per heavy atom. The fraction of sp³-hybridized carbons (Fsp3) is 0.130. The van der Waals surface area contributed by atoms with Gasteiger partial charge in [-0.2, -0.15) is 0 Å². The minimum Gasteiger partial charge on any atom is -0.293 e. The molecule has 4 aromatic rings. The molecule has 0 fully saturated rings. The number of fused-ring (bicyclic) bond motifs is 1. The van der Waals surface area contributed by atoms with Crippen LogP contribution >= 0.6 is 11.8 Å². The number of benzene rings is 2. The topological polar surface area (TPSA) is 64.8 Å². The van der Waals surface area contributed by atoms with Crippen LogP contribution in [-0.4, -0.2) is 25.6 Å². The van der Waals surface area contributed by atoms with Crippen LogP contribution in [-0.2, 0) is 0 Å². The lowest BCUT2D eigenvalue weighted by atomic mass is 10.1. The lowest BCUT2D eigenvalue weighted by Crippen LogP contribution is -2.24. The zero-order chi connectivity index (χ0) is 21.3. The van der Waals surface area contributed by atoms with E-state index in [-0.39, 0.29) is 11.3 Å². The van der Waals surface area contributed by atoms with Crippen molar-refractivity contribution < 1.29 is 9.18 Å². The van der Waals surface area contributed by atoms with Gasteiger partial charge in [0.05, 0.1) is 16.2 Å². The summed E-state index contributed by atoms with van der Waals surface area (Å²) in [5, 5.41) is 0.307. The van der Waals surface area contributed by atoms with Crippen LogP contribution in [0.2, 0.25) is 0 Å². The molecule has 2 aromatic carbocycles. The molecule has 0 aliphatic carbocycles. The second-order valence-corrected chi connectivity index (χ2v) is 8.18. The highest BCUT2D eigenvalue weighted by Crippen LogP contribution is 2.27. The first-order valence-corrected chi connectivity index (χ1v) is 10.2. The van der Waals surface area contributed by atoms with E-state index in [1.165, 1.54) is 40.6 Å². The summed E-state index contributed by atoms with van der Waals surface area (Å²) in [7, 11) is 0. The predicted molar refractivity (Wildman–Crippen MR) is 116 cm³/mol. The summed E-state index contributed by atoms with van der Waals surface area (Å²) in [6.45, 7) is 3.66. The van der Waals surface area contributed by atoms with Gasteiger partial charge in [0, 0.05) is 11.8 Å². The summed E-state index contributed by atoms with van der Waals surface area (Å²) in [4.78, 5) is 35.1. The maximum absolute atomic E-state index is 13.3. The number of nitrogens with zero attached hydrogens (tertiary/aromatic N) is 3. The molecule has 30 heavy (non-hydrogen) atoms. The van der Waals surface area contributed by atoms with E-state index < -0.39 is 11.1 Å². The first kappa shape index (κ1) is 20.0. The number of hydrogen-bond acceptors (Lipinski definition) is 5. The summed E-state index contributed by atoms with van der Waals surface area (Å²) >= 11 is 1.18. The Morgan fingerprint density at radius 1 is 1.10 bits per heavy atom. The van der Waals surface area contributed by atoms with Crippen molar-refractivity contribution in [1.82, 2.24) is 14.5 Å². The fourth-order valence-electron chi connectivity index (χ4n) is 3.10. The molecule has 0 N–H and O–H groups in total. The highest BCUT2D eigenvalue weighted by Gasteiger charge is 2.22. The zero-order valence-corrected chi connectivity index (χ0v) is 17.2. The zero-order valence-electron chi connectivity index (χ0n) is 16.4. The minimum atomic E-state index is -0.542. The lowest BCUT2D eigenvalue weighted by Gasteiger charge is -2.15. The molecule has 0 aliphatic heterocycles. The number of ketones is 1. The number of aromatic nitrogens is 3. The van der Waals surface area contributed by atoms with E-state index in [9.17, 15) is 14.0 Å². The van der Waals surface area contributed by atoms with Crippen LogP contribution in [0.4, 0.5) is 4.39 Å². The first-order valence-electron chi connectivity index (χ1n) is 9.35. The number of carbonyl (C=O) groups is 1. The van der Waals surface area contributed by atoms with Gasteiger partial charge < -0.3 is 0 Å². The van der Waals surface area contributed by atoms with Crippen LogP contribution in [0.1, 0.15) is 22.8 Å². The smallest absolute Gasteiger partial charge is 0.267 e. The molecule has 2 heterocycles. The molecular formula is C23H18FN3O2S. The van der Waals surface area contributed by atoms with Crippen molar-refractivity contribution in [2.24, 2.45) is 0 Å². The van der Waals surface area contributed by atoms with Crippen molar-refractivity contribution in [1.29, 1.82) is 0 Å². The lowest BCUT2D eigenvalue weighted by molar-refractivity contribution is 0.0994. The Labute approximate surface area is 176 Å². The molecule has 0 bridgehead atoms. The molecule has 7 heteroatoms. The van der Waals surface area contributed by atoms with Crippen LogP contribution in [0.5, 0.6) is 0 Å². The van der Waals surface area contributed by atoms with Crippen LogP contribution in [0.15, 0.2) is 76.8 Å². The number of rotatable bonds is 5. The van der Waals surface area contributed by atoms with Gasteiger partial charge in [-0.1, -0.05) is 23.9 Å². The molecule has 150 valence electrons. The van der Waals surface area contributed by atoms with E-state index in [4.69, 9.17) is 0 Å². The summed E-state index contributed by atoms with van der Waals surface area (Å²) in [5.74, 6) is -0.129. The van der Waals surface area contributed by atoms with Gasteiger partial charge in [-0.3, -0.25) is 9.59 Å². The number of thioether (sulfide) groups is 1. The summed E-state index contributed by atoms with van der Waals surface area (Å²) in [6, 6.07) is 16.1. The molecule has 5 nitrogen and oxygen atoms in total. The van der Waals surface area contributed by atoms with Gasteiger partial charge in [0.1, 0.15) is 11.6 Å². The average Bonchev–Trinajstić information content (AvgIpc) is 2.74. The van der Waals surface area contributed by atoms with Crippen LogP contribution in [0.3, 0.4) is 0 Å². The van der Waals surface area contributed by atoms with Crippen molar-refractivity contribution in [3.05, 3.63) is 94.2 Å². The van der Waals surface area contributed by atoms with Crippen molar-refractivity contribution in [2.75, 3.05) is 0 Å². The summed E-state index contributed by atoms with van der Waals surface area (Å²) < 4.78 is 14.6. The van der Waals surface area contributed by atoms with Gasteiger partial charge in [-0.25, -0.2) is 18.9 Å². The van der Waals surface area contributed by atoms with E-state index >= 15 is 0 Å². The second kappa shape index (κ2) is 8.20. The largest absolute Gasteiger partial charge is 0.293 e. The van der Waals surface area contributed by atoms with E-state index in [1.54, 1.807) is 37.4 Å². The molecule has 0 unspecified atom stereocenters. The molecule has 0 spiro atoms. The molecule has 0 saturated carbocycles. The normalized spacial score (nSPS) is 12.1. The number of para-hydroxylation sites is 1. The predicted octanol–water partition coefficient (Wildman–Crippen LogP) is 4.59.